The van der Waals surface area contributed by atoms with Crippen LogP contribution in [0.1, 0.15) is 54.1 Å². The van der Waals surface area contributed by atoms with Gasteiger partial charge in [0.1, 0.15) is 12.1 Å². The standard InChI is InChI=1S/C19H24N2O5S/c1-3-13-7-8-15(27-13)14(22)11-26-16(23)10-21-17(24)19(20-18(21)25)9-5-4-6-12(19)2/h7-8,12H,3-6,9-11H2,1-2H3,(H,20,25)/t12-,19+/m0/s1. The van der Waals surface area contributed by atoms with Crippen molar-refractivity contribution < 1.29 is 23.9 Å². The second-order valence-electron chi connectivity index (χ2n) is 7.14. The lowest BCUT2D eigenvalue weighted by molar-refractivity contribution is -0.147. The molecule has 2 atom stereocenters. The Kier molecular flexibility index (Phi) is 5.64. The third-order valence-corrected chi connectivity index (χ3v) is 6.71. The summed E-state index contributed by atoms with van der Waals surface area (Å²) in [7, 11) is 0. The van der Waals surface area contributed by atoms with Gasteiger partial charge in [-0.2, -0.15) is 0 Å². The highest BCUT2D eigenvalue weighted by Crippen LogP contribution is 2.38. The second-order valence-corrected chi connectivity index (χ2v) is 8.31. The number of urea groups is 1. The van der Waals surface area contributed by atoms with Crippen LogP contribution in [0.15, 0.2) is 12.1 Å². The molecule has 2 heterocycles. The molecule has 3 rings (SSSR count). The number of hydrogen-bond acceptors (Lipinski definition) is 6. The van der Waals surface area contributed by atoms with Gasteiger partial charge in [0.15, 0.2) is 6.61 Å². The average Bonchev–Trinajstić information content (AvgIpc) is 3.22. The summed E-state index contributed by atoms with van der Waals surface area (Å²) in [5.41, 5.74) is -0.904. The van der Waals surface area contributed by atoms with Gasteiger partial charge in [-0.15, -0.1) is 11.3 Å². The maximum absolute atomic E-state index is 12.8. The minimum Gasteiger partial charge on any atom is -0.456 e. The van der Waals surface area contributed by atoms with Crippen molar-refractivity contribution in [3.05, 3.63) is 21.9 Å². The molecule has 7 nitrogen and oxygen atoms in total. The van der Waals surface area contributed by atoms with Crippen LogP contribution in [0.4, 0.5) is 4.79 Å². The molecule has 1 N–H and O–H groups in total. The molecule has 2 fully saturated rings. The van der Waals surface area contributed by atoms with Gasteiger partial charge in [-0.3, -0.25) is 19.3 Å². The molecule has 146 valence electrons. The molecule has 0 radical (unpaired) electrons. The first-order valence-electron chi connectivity index (χ1n) is 9.29. The number of aryl methyl sites for hydroxylation is 1. The van der Waals surface area contributed by atoms with Crippen molar-refractivity contribution in [3.63, 3.8) is 0 Å². The number of imide groups is 1. The van der Waals surface area contributed by atoms with Crippen molar-refractivity contribution in [1.82, 2.24) is 10.2 Å². The molecule has 1 aliphatic heterocycles. The van der Waals surface area contributed by atoms with Crippen molar-refractivity contribution in [2.75, 3.05) is 13.2 Å². The molecule has 1 spiro atoms. The van der Waals surface area contributed by atoms with Gasteiger partial charge in [0.25, 0.3) is 5.91 Å². The minimum absolute atomic E-state index is 0.0249. The van der Waals surface area contributed by atoms with E-state index in [1.807, 2.05) is 19.9 Å². The number of Topliss-reactive ketones (excluding diaryl/α,β-unsaturated/α-hetero) is 1. The molecule has 1 aromatic heterocycles. The summed E-state index contributed by atoms with van der Waals surface area (Å²) >= 11 is 1.37. The summed E-state index contributed by atoms with van der Waals surface area (Å²) in [6.45, 7) is 3.08. The Morgan fingerprint density at radius 2 is 2.11 bits per heavy atom. The van der Waals surface area contributed by atoms with Crippen molar-refractivity contribution in [2.45, 2.75) is 51.5 Å². The minimum atomic E-state index is -0.904. The fourth-order valence-electron chi connectivity index (χ4n) is 3.75. The number of rotatable bonds is 6. The predicted octanol–water partition coefficient (Wildman–Crippen LogP) is 2.54. The average molecular weight is 392 g/mol. The van der Waals surface area contributed by atoms with E-state index in [1.165, 1.54) is 11.3 Å². The lowest BCUT2D eigenvalue weighted by Gasteiger charge is -2.36. The van der Waals surface area contributed by atoms with Crippen LogP contribution in [0.3, 0.4) is 0 Å². The van der Waals surface area contributed by atoms with Crippen LogP contribution >= 0.6 is 11.3 Å². The Balaban J connectivity index is 1.56. The van der Waals surface area contributed by atoms with Crippen molar-refractivity contribution >= 4 is 35.0 Å². The number of esters is 1. The van der Waals surface area contributed by atoms with E-state index in [0.717, 1.165) is 35.5 Å². The fraction of sp³-hybridized carbons (Fsp3) is 0.579. The van der Waals surface area contributed by atoms with Crippen LogP contribution in [0.5, 0.6) is 0 Å². The number of ether oxygens (including phenoxy) is 1. The Morgan fingerprint density at radius 1 is 1.33 bits per heavy atom. The highest BCUT2D eigenvalue weighted by atomic mass is 32.1. The molecule has 0 unspecified atom stereocenters. The first kappa shape index (κ1) is 19.5. The molecule has 3 amide bonds. The van der Waals surface area contributed by atoms with Crippen molar-refractivity contribution in [1.29, 1.82) is 0 Å². The highest BCUT2D eigenvalue weighted by molar-refractivity contribution is 7.14. The largest absolute Gasteiger partial charge is 0.456 e. The lowest BCUT2D eigenvalue weighted by atomic mass is 9.73. The number of thiophene rings is 1. The number of nitrogens with zero attached hydrogens (tertiary/aromatic N) is 1. The quantitative estimate of drug-likeness (QED) is 0.456. The maximum Gasteiger partial charge on any atom is 0.326 e. The van der Waals surface area contributed by atoms with E-state index in [1.54, 1.807) is 6.07 Å². The van der Waals surface area contributed by atoms with E-state index >= 15 is 0 Å². The van der Waals surface area contributed by atoms with Gasteiger partial charge < -0.3 is 10.1 Å². The number of hydrogen-bond donors (Lipinski definition) is 1. The predicted molar refractivity (Wildman–Crippen MR) is 99.6 cm³/mol. The van der Waals surface area contributed by atoms with Crippen LogP contribution in [-0.4, -0.2) is 47.3 Å². The molecule has 27 heavy (non-hydrogen) atoms. The van der Waals surface area contributed by atoms with Gasteiger partial charge in [-0.25, -0.2) is 4.79 Å². The van der Waals surface area contributed by atoms with Crippen LogP contribution in [-0.2, 0) is 20.7 Å². The molecule has 2 aliphatic rings. The SMILES string of the molecule is CCc1ccc(C(=O)COC(=O)CN2C(=O)N[C@@]3(CCCC[C@@H]3C)C2=O)s1. The van der Waals surface area contributed by atoms with Crippen LogP contribution in [0.25, 0.3) is 0 Å². The van der Waals surface area contributed by atoms with Gasteiger partial charge in [0, 0.05) is 4.88 Å². The smallest absolute Gasteiger partial charge is 0.326 e. The Morgan fingerprint density at radius 3 is 2.78 bits per heavy atom. The van der Waals surface area contributed by atoms with E-state index in [4.69, 9.17) is 4.74 Å². The fourth-order valence-corrected chi connectivity index (χ4v) is 4.62. The Labute approximate surface area is 162 Å². The zero-order valence-electron chi connectivity index (χ0n) is 15.6. The molecular weight excluding hydrogens is 368 g/mol. The summed E-state index contributed by atoms with van der Waals surface area (Å²) in [5.74, 6) is -1.40. The Bertz CT molecular complexity index is 774. The van der Waals surface area contributed by atoms with E-state index in [-0.39, 0.29) is 17.6 Å². The van der Waals surface area contributed by atoms with E-state index in [9.17, 15) is 19.2 Å². The summed E-state index contributed by atoms with van der Waals surface area (Å²) < 4.78 is 5.01. The van der Waals surface area contributed by atoms with Gasteiger partial charge >= 0.3 is 12.0 Å². The van der Waals surface area contributed by atoms with Crippen LogP contribution in [0.2, 0.25) is 0 Å². The number of amides is 3. The first-order valence-corrected chi connectivity index (χ1v) is 10.1. The number of carbonyl (C=O) groups excluding carboxylic acids is 4. The monoisotopic (exact) mass is 392 g/mol. The van der Waals surface area contributed by atoms with Crippen molar-refractivity contribution in [2.24, 2.45) is 5.92 Å². The summed E-state index contributed by atoms with van der Waals surface area (Å²) in [4.78, 5) is 51.8. The molecule has 1 saturated heterocycles. The highest BCUT2D eigenvalue weighted by Gasteiger charge is 2.55. The van der Waals surface area contributed by atoms with E-state index in [0.29, 0.717) is 11.3 Å². The molecule has 8 heteroatoms. The maximum atomic E-state index is 12.8. The zero-order valence-corrected chi connectivity index (χ0v) is 16.4. The molecule has 1 aromatic rings. The normalized spacial score (nSPS) is 25.0. The molecule has 1 aliphatic carbocycles. The van der Waals surface area contributed by atoms with Gasteiger partial charge in [0.2, 0.25) is 5.78 Å². The Hall–Kier alpha value is -2.22. The third-order valence-electron chi connectivity index (χ3n) is 5.44. The first-order chi connectivity index (χ1) is 12.9. The topological polar surface area (TPSA) is 92.8 Å². The lowest BCUT2D eigenvalue weighted by Crippen LogP contribution is -2.54. The van der Waals surface area contributed by atoms with Crippen LogP contribution < -0.4 is 5.32 Å². The molecule has 0 aromatic carbocycles. The number of nitrogens with one attached hydrogen (secondary N) is 1. The van der Waals surface area contributed by atoms with E-state index < -0.39 is 30.7 Å². The third kappa shape index (κ3) is 3.76. The summed E-state index contributed by atoms with van der Waals surface area (Å²) in [6.07, 6.45) is 4.17. The second kappa shape index (κ2) is 7.80. The summed E-state index contributed by atoms with van der Waals surface area (Å²) in [5, 5.41) is 2.79. The van der Waals surface area contributed by atoms with Gasteiger partial charge in [-0.1, -0.05) is 26.7 Å². The number of carbonyl (C=O) groups is 4. The number of ketones is 1. The van der Waals surface area contributed by atoms with Crippen molar-refractivity contribution in [3.8, 4) is 0 Å². The summed E-state index contributed by atoms with van der Waals surface area (Å²) in [6, 6.07) is 3.02. The van der Waals surface area contributed by atoms with E-state index in [2.05, 4.69) is 5.32 Å². The van der Waals surface area contributed by atoms with Gasteiger partial charge in [-0.05, 0) is 37.3 Å². The zero-order chi connectivity index (χ0) is 19.6. The molecule has 1 saturated carbocycles. The molecular formula is C19H24N2O5S. The van der Waals surface area contributed by atoms with Gasteiger partial charge in [0.05, 0.1) is 4.88 Å². The van der Waals surface area contributed by atoms with Crippen LogP contribution in [0, 0.1) is 5.92 Å². The molecule has 0 bridgehead atoms.